The maximum atomic E-state index is 12.5. The zero-order chi connectivity index (χ0) is 23.4. The zero-order valence-corrected chi connectivity index (χ0v) is 19.1. The molecule has 0 aromatic heterocycles. The van der Waals surface area contributed by atoms with Crippen LogP contribution in [0.2, 0.25) is 0 Å². The molecule has 0 radical (unpaired) electrons. The summed E-state index contributed by atoms with van der Waals surface area (Å²) in [6.07, 6.45) is 0. The van der Waals surface area contributed by atoms with E-state index in [1.165, 1.54) is 36.4 Å². The van der Waals surface area contributed by atoms with Crippen LogP contribution in [0.3, 0.4) is 0 Å². The van der Waals surface area contributed by atoms with Gasteiger partial charge in [0.15, 0.2) is 0 Å². The van der Waals surface area contributed by atoms with E-state index in [1.807, 2.05) is 0 Å². The fraction of sp³-hybridized carbons (Fsp3) is 0.136. The highest BCUT2D eigenvalue weighted by atomic mass is 32.2. The van der Waals surface area contributed by atoms with Crippen LogP contribution in [0.15, 0.2) is 83.8 Å². The molecule has 0 bridgehead atoms. The molecule has 0 fully saturated rings. The predicted octanol–water partition coefficient (Wildman–Crippen LogP) is 3.89. The summed E-state index contributed by atoms with van der Waals surface area (Å²) in [5, 5.41) is 2.13. The van der Waals surface area contributed by atoms with Crippen LogP contribution in [0, 0.1) is 0 Å². The lowest BCUT2D eigenvalue weighted by Gasteiger charge is -2.11. The summed E-state index contributed by atoms with van der Waals surface area (Å²) in [4.78, 5) is 12.6. The number of amides is 1. The van der Waals surface area contributed by atoms with Crippen molar-refractivity contribution in [1.29, 1.82) is 0 Å². The standard InChI is InChI=1S/C22H23N3O5S2/c1-16(2)31(27,28)24-19-10-8-17(9-11-19)22(26)23-18-12-14-20(15-13-18)25-32(29,30)21-6-4-3-5-7-21/h3-16,24-25H,1-2H3,(H,23,26). The van der Waals surface area contributed by atoms with Gasteiger partial charge in [0.25, 0.3) is 15.9 Å². The van der Waals surface area contributed by atoms with Crippen molar-refractivity contribution in [2.24, 2.45) is 0 Å². The highest BCUT2D eigenvalue weighted by Gasteiger charge is 2.16. The van der Waals surface area contributed by atoms with E-state index in [4.69, 9.17) is 0 Å². The monoisotopic (exact) mass is 473 g/mol. The number of sulfonamides is 2. The van der Waals surface area contributed by atoms with Crippen molar-refractivity contribution >= 4 is 43.0 Å². The van der Waals surface area contributed by atoms with Crippen molar-refractivity contribution < 1.29 is 21.6 Å². The molecule has 168 valence electrons. The first-order valence-corrected chi connectivity index (χ1v) is 12.7. The molecular weight excluding hydrogens is 450 g/mol. The maximum Gasteiger partial charge on any atom is 0.261 e. The number of benzene rings is 3. The second-order valence-corrected chi connectivity index (χ2v) is 11.1. The van der Waals surface area contributed by atoms with E-state index in [9.17, 15) is 21.6 Å². The summed E-state index contributed by atoms with van der Waals surface area (Å²) in [7, 11) is -7.17. The molecular formula is C22H23N3O5S2. The Bertz CT molecular complexity index is 1290. The number of carbonyl (C=O) groups is 1. The largest absolute Gasteiger partial charge is 0.322 e. The second-order valence-electron chi connectivity index (χ2n) is 7.22. The highest BCUT2D eigenvalue weighted by Crippen LogP contribution is 2.19. The first-order chi connectivity index (χ1) is 15.1. The molecule has 0 aliphatic carbocycles. The van der Waals surface area contributed by atoms with Crippen LogP contribution in [0.4, 0.5) is 17.1 Å². The second kappa shape index (κ2) is 9.41. The third-order valence-electron chi connectivity index (χ3n) is 4.48. The summed E-state index contributed by atoms with van der Waals surface area (Å²) in [5.41, 5.74) is 1.53. The fourth-order valence-corrected chi connectivity index (χ4v) is 4.39. The van der Waals surface area contributed by atoms with Crippen molar-refractivity contribution in [3.63, 3.8) is 0 Å². The highest BCUT2D eigenvalue weighted by molar-refractivity contribution is 7.93. The van der Waals surface area contributed by atoms with Gasteiger partial charge in [0, 0.05) is 22.6 Å². The van der Waals surface area contributed by atoms with Gasteiger partial charge in [0.2, 0.25) is 10.0 Å². The molecule has 0 heterocycles. The minimum Gasteiger partial charge on any atom is -0.322 e. The molecule has 1 amide bonds. The Hall–Kier alpha value is -3.37. The lowest BCUT2D eigenvalue weighted by Crippen LogP contribution is -2.22. The number of carbonyl (C=O) groups excluding carboxylic acids is 1. The number of hydrogen-bond acceptors (Lipinski definition) is 5. The number of rotatable bonds is 8. The van der Waals surface area contributed by atoms with Crippen LogP contribution in [-0.2, 0) is 20.0 Å². The molecule has 10 heteroatoms. The molecule has 0 unspecified atom stereocenters. The summed E-state index contributed by atoms with van der Waals surface area (Å²) >= 11 is 0. The van der Waals surface area contributed by atoms with Gasteiger partial charge in [-0.15, -0.1) is 0 Å². The summed E-state index contributed by atoms with van der Waals surface area (Å²) in [6, 6.07) is 20.3. The van der Waals surface area contributed by atoms with Crippen LogP contribution >= 0.6 is 0 Å². The minimum atomic E-state index is -3.70. The zero-order valence-electron chi connectivity index (χ0n) is 17.4. The molecule has 3 aromatic carbocycles. The van der Waals surface area contributed by atoms with E-state index in [1.54, 1.807) is 56.3 Å². The Balaban J connectivity index is 1.63. The van der Waals surface area contributed by atoms with E-state index in [0.29, 0.717) is 22.6 Å². The SMILES string of the molecule is CC(C)S(=O)(=O)Nc1ccc(C(=O)Nc2ccc(NS(=O)(=O)c3ccccc3)cc2)cc1. The Labute approximate surface area is 187 Å². The van der Waals surface area contributed by atoms with Gasteiger partial charge in [0.05, 0.1) is 10.1 Å². The lowest BCUT2D eigenvalue weighted by molar-refractivity contribution is 0.102. The van der Waals surface area contributed by atoms with Crippen molar-refractivity contribution in [2.45, 2.75) is 24.0 Å². The average Bonchev–Trinajstić information content (AvgIpc) is 2.75. The fourth-order valence-electron chi connectivity index (χ4n) is 2.61. The Morgan fingerprint density at radius 2 is 1.19 bits per heavy atom. The maximum absolute atomic E-state index is 12.5. The van der Waals surface area contributed by atoms with Gasteiger partial charge in [0.1, 0.15) is 0 Å². The molecule has 0 spiro atoms. The van der Waals surface area contributed by atoms with E-state index >= 15 is 0 Å². The quantitative estimate of drug-likeness (QED) is 0.458. The van der Waals surface area contributed by atoms with Gasteiger partial charge < -0.3 is 5.32 Å². The first kappa shape index (κ1) is 23.3. The number of anilines is 3. The van der Waals surface area contributed by atoms with Crippen LogP contribution in [-0.4, -0.2) is 28.0 Å². The van der Waals surface area contributed by atoms with E-state index in [0.717, 1.165) is 0 Å². The van der Waals surface area contributed by atoms with E-state index in [-0.39, 0.29) is 10.8 Å². The van der Waals surface area contributed by atoms with Gasteiger partial charge in [-0.2, -0.15) is 0 Å². The normalized spacial score (nSPS) is 11.7. The molecule has 0 aliphatic rings. The third kappa shape index (κ3) is 5.86. The van der Waals surface area contributed by atoms with E-state index < -0.39 is 25.3 Å². The third-order valence-corrected chi connectivity index (χ3v) is 7.63. The van der Waals surface area contributed by atoms with Gasteiger partial charge in [-0.25, -0.2) is 16.8 Å². The van der Waals surface area contributed by atoms with Crippen molar-refractivity contribution in [3.05, 3.63) is 84.4 Å². The molecule has 0 saturated carbocycles. The molecule has 8 nitrogen and oxygen atoms in total. The first-order valence-electron chi connectivity index (χ1n) is 9.68. The number of nitrogens with one attached hydrogen (secondary N) is 3. The van der Waals surface area contributed by atoms with Crippen molar-refractivity contribution in [2.75, 3.05) is 14.8 Å². The van der Waals surface area contributed by atoms with Crippen LogP contribution < -0.4 is 14.8 Å². The average molecular weight is 474 g/mol. The Morgan fingerprint density at radius 1 is 0.688 bits per heavy atom. The summed E-state index contributed by atoms with van der Waals surface area (Å²) in [5.74, 6) is -0.388. The summed E-state index contributed by atoms with van der Waals surface area (Å²) in [6.45, 7) is 3.14. The Morgan fingerprint density at radius 3 is 1.75 bits per heavy atom. The molecule has 3 rings (SSSR count). The molecule has 3 aromatic rings. The van der Waals surface area contributed by atoms with E-state index in [2.05, 4.69) is 14.8 Å². The molecule has 0 atom stereocenters. The molecule has 0 saturated heterocycles. The van der Waals surface area contributed by atoms with Gasteiger partial charge in [-0.05, 0) is 74.5 Å². The lowest BCUT2D eigenvalue weighted by atomic mass is 10.2. The van der Waals surface area contributed by atoms with Crippen molar-refractivity contribution in [3.8, 4) is 0 Å². The molecule has 0 aliphatic heterocycles. The summed E-state index contributed by atoms with van der Waals surface area (Å²) < 4.78 is 53.5. The smallest absolute Gasteiger partial charge is 0.261 e. The number of hydrogen-bond donors (Lipinski definition) is 3. The van der Waals surface area contributed by atoms with Crippen molar-refractivity contribution in [1.82, 2.24) is 0 Å². The molecule has 32 heavy (non-hydrogen) atoms. The van der Waals surface area contributed by atoms with Gasteiger partial charge >= 0.3 is 0 Å². The predicted molar refractivity (Wildman–Crippen MR) is 126 cm³/mol. The van der Waals surface area contributed by atoms with Gasteiger partial charge in [-0.3, -0.25) is 14.2 Å². The van der Waals surface area contributed by atoms with Crippen LogP contribution in [0.1, 0.15) is 24.2 Å². The Kier molecular flexibility index (Phi) is 6.85. The topological polar surface area (TPSA) is 121 Å². The van der Waals surface area contributed by atoms with Crippen LogP contribution in [0.25, 0.3) is 0 Å². The molecule has 3 N–H and O–H groups in total. The minimum absolute atomic E-state index is 0.150. The van der Waals surface area contributed by atoms with Gasteiger partial charge in [-0.1, -0.05) is 18.2 Å². The van der Waals surface area contributed by atoms with Crippen LogP contribution in [0.5, 0.6) is 0 Å².